The van der Waals surface area contributed by atoms with E-state index in [0.717, 1.165) is 0 Å². The lowest BCUT2D eigenvalue weighted by Crippen LogP contribution is -2.41. The molecule has 3 rings (SSSR count). The van der Waals surface area contributed by atoms with Crippen LogP contribution in [0.15, 0.2) is 0 Å². The molecular weight excluding hydrogens is 392 g/mol. The van der Waals surface area contributed by atoms with Crippen LogP contribution in [-0.4, -0.2) is 110 Å². The maximum absolute atomic E-state index is 12.8. The number of rotatable bonds is 8. The van der Waals surface area contributed by atoms with Crippen molar-refractivity contribution in [2.45, 2.75) is 25.7 Å². The predicted molar refractivity (Wildman–Crippen MR) is 106 cm³/mol. The molecule has 0 aromatic carbocycles. The molecule has 1 saturated carbocycles. The summed E-state index contributed by atoms with van der Waals surface area (Å²) >= 11 is 0. The zero-order chi connectivity index (χ0) is 21.7. The quantitative estimate of drug-likeness (QED) is 0.513. The molecule has 168 valence electrons. The summed E-state index contributed by atoms with van der Waals surface area (Å²) in [4.78, 5) is 56.3. The van der Waals surface area contributed by atoms with Crippen LogP contribution in [0.4, 0.5) is 0 Å². The van der Waals surface area contributed by atoms with E-state index in [2.05, 4.69) is 0 Å². The topological polar surface area (TPSA) is 99.7 Å². The van der Waals surface area contributed by atoms with Gasteiger partial charge in [0.2, 0.25) is 23.6 Å². The van der Waals surface area contributed by atoms with Crippen molar-refractivity contribution >= 4 is 23.6 Å². The van der Waals surface area contributed by atoms with Gasteiger partial charge in [0, 0.05) is 39.1 Å². The van der Waals surface area contributed by atoms with Crippen molar-refractivity contribution in [1.82, 2.24) is 19.6 Å². The fraction of sp³-hybridized carbons (Fsp3) is 0.800. The number of hydrogen-bond acceptors (Lipinski definition) is 6. The summed E-state index contributed by atoms with van der Waals surface area (Å²) in [5, 5.41) is 0. The van der Waals surface area contributed by atoms with Crippen LogP contribution >= 0.6 is 0 Å². The minimum atomic E-state index is -0.150. The van der Waals surface area contributed by atoms with Gasteiger partial charge in [0.25, 0.3) is 0 Å². The average molecular weight is 424 g/mol. The number of ether oxygens (including phenoxy) is 2. The third-order valence-corrected chi connectivity index (χ3v) is 6.22. The first-order valence-corrected chi connectivity index (χ1v) is 10.6. The molecule has 30 heavy (non-hydrogen) atoms. The fourth-order valence-electron chi connectivity index (χ4n) is 4.39. The van der Waals surface area contributed by atoms with E-state index in [1.165, 1.54) is 0 Å². The van der Waals surface area contributed by atoms with Crippen molar-refractivity contribution in [1.29, 1.82) is 0 Å². The summed E-state index contributed by atoms with van der Waals surface area (Å²) in [6, 6.07) is 0. The Kier molecular flexibility index (Phi) is 7.65. The highest BCUT2D eigenvalue weighted by atomic mass is 16.5. The molecule has 2 aliphatic heterocycles. The Morgan fingerprint density at radius 1 is 0.767 bits per heavy atom. The number of hydrogen-bond donors (Lipinski definition) is 0. The summed E-state index contributed by atoms with van der Waals surface area (Å²) < 4.78 is 10.0. The number of amides is 4. The van der Waals surface area contributed by atoms with E-state index >= 15 is 0 Å². The molecule has 0 radical (unpaired) electrons. The Morgan fingerprint density at radius 2 is 1.13 bits per heavy atom. The molecule has 3 fully saturated rings. The monoisotopic (exact) mass is 424 g/mol. The number of carbonyl (C=O) groups excluding carboxylic acids is 4. The van der Waals surface area contributed by atoms with Gasteiger partial charge in [-0.05, 0) is 25.7 Å². The van der Waals surface area contributed by atoms with Gasteiger partial charge in [-0.2, -0.15) is 0 Å². The van der Waals surface area contributed by atoms with Gasteiger partial charge in [0.15, 0.2) is 0 Å². The molecule has 0 bridgehead atoms. The average Bonchev–Trinajstić information content (AvgIpc) is 3.32. The van der Waals surface area contributed by atoms with Crippen LogP contribution < -0.4 is 0 Å². The van der Waals surface area contributed by atoms with Gasteiger partial charge >= 0.3 is 0 Å². The molecule has 0 aromatic rings. The van der Waals surface area contributed by atoms with Crippen molar-refractivity contribution < 1.29 is 28.7 Å². The second kappa shape index (κ2) is 10.2. The third-order valence-electron chi connectivity index (χ3n) is 6.22. The molecule has 1 aliphatic carbocycles. The number of carbonyl (C=O) groups is 4. The van der Waals surface area contributed by atoms with Crippen molar-refractivity contribution in [3.63, 3.8) is 0 Å². The molecular formula is C20H32N4O6. The Morgan fingerprint density at radius 3 is 1.47 bits per heavy atom. The van der Waals surface area contributed by atoms with Gasteiger partial charge in [0.05, 0.1) is 26.6 Å². The summed E-state index contributed by atoms with van der Waals surface area (Å²) in [7, 11) is 3.16. The Hall–Kier alpha value is -2.20. The Bertz CT molecular complexity index is 608. The van der Waals surface area contributed by atoms with Crippen LogP contribution in [-0.2, 0) is 28.7 Å². The van der Waals surface area contributed by atoms with E-state index in [-0.39, 0.29) is 48.6 Å². The van der Waals surface area contributed by atoms with E-state index in [1.807, 2.05) is 0 Å². The Labute approximate surface area is 177 Å². The summed E-state index contributed by atoms with van der Waals surface area (Å²) in [5.74, 6) is -0.417. The largest absolute Gasteiger partial charge is 0.383 e. The van der Waals surface area contributed by atoms with E-state index in [4.69, 9.17) is 9.47 Å². The zero-order valence-electron chi connectivity index (χ0n) is 17.9. The smallest absolute Gasteiger partial charge is 0.243 e. The molecule has 0 spiro atoms. The van der Waals surface area contributed by atoms with E-state index in [0.29, 0.717) is 65.3 Å². The van der Waals surface area contributed by atoms with E-state index < -0.39 is 0 Å². The number of methoxy groups -OCH3 is 2. The van der Waals surface area contributed by atoms with Gasteiger partial charge < -0.3 is 29.1 Å². The fourth-order valence-corrected chi connectivity index (χ4v) is 4.39. The first-order chi connectivity index (χ1) is 14.4. The van der Waals surface area contributed by atoms with Crippen molar-refractivity contribution in [3.05, 3.63) is 0 Å². The molecule has 0 atom stereocenters. The molecule has 0 N–H and O–H groups in total. The van der Waals surface area contributed by atoms with Crippen LogP contribution in [0.5, 0.6) is 0 Å². The van der Waals surface area contributed by atoms with Gasteiger partial charge in [0.1, 0.15) is 13.1 Å². The van der Waals surface area contributed by atoms with E-state index in [1.54, 1.807) is 33.8 Å². The van der Waals surface area contributed by atoms with E-state index in [9.17, 15) is 19.2 Å². The van der Waals surface area contributed by atoms with Crippen molar-refractivity contribution in [3.8, 4) is 0 Å². The van der Waals surface area contributed by atoms with Crippen LogP contribution in [0.3, 0.4) is 0 Å². The maximum atomic E-state index is 12.8. The van der Waals surface area contributed by atoms with Crippen LogP contribution in [0.25, 0.3) is 0 Å². The lowest BCUT2D eigenvalue weighted by molar-refractivity contribution is -0.141. The second-order valence-electron chi connectivity index (χ2n) is 8.20. The predicted octanol–water partition coefficient (Wildman–Crippen LogP) is -0.658. The number of nitrogens with zero attached hydrogens (tertiary/aromatic N) is 4. The van der Waals surface area contributed by atoms with Crippen LogP contribution in [0, 0.1) is 11.8 Å². The summed E-state index contributed by atoms with van der Waals surface area (Å²) in [6.45, 7) is 2.72. The third kappa shape index (κ3) is 5.10. The first kappa shape index (κ1) is 22.5. The summed E-state index contributed by atoms with van der Waals surface area (Å²) in [6.07, 6.45) is 2.53. The SMILES string of the molecule is COCCN1CN(C(=O)C2CCC(C(=O)N3CC(=O)N(CCOC)C3)CC2)CC1=O. The molecule has 0 aromatic heterocycles. The van der Waals surface area contributed by atoms with Crippen molar-refractivity contribution in [2.75, 3.05) is 66.9 Å². The lowest BCUT2D eigenvalue weighted by Gasteiger charge is -2.31. The lowest BCUT2D eigenvalue weighted by atomic mass is 9.80. The molecule has 10 heteroatoms. The van der Waals surface area contributed by atoms with Gasteiger partial charge in [-0.1, -0.05) is 0 Å². The second-order valence-corrected chi connectivity index (χ2v) is 8.20. The minimum absolute atomic E-state index is 0.00347. The van der Waals surface area contributed by atoms with Gasteiger partial charge in [-0.3, -0.25) is 19.2 Å². The highest BCUT2D eigenvalue weighted by molar-refractivity contribution is 5.90. The highest BCUT2D eigenvalue weighted by Crippen LogP contribution is 2.32. The standard InChI is InChI=1S/C20H32N4O6/c1-29-9-7-21-13-23(11-17(21)25)19(27)15-3-5-16(6-4-15)20(28)24-12-18(26)22(14-24)8-10-30-2/h15-16H,3-14H2,1-2H3. The zero-order valence-corrected chi connectivity index (χ0v) is 17.9. The molecule has 2 heterocycles. The van der Waals surface area contributed by atoms with Crippen LogP contribution in [0.1, 0.15) is 25.7 Å². The molecule has 10 nitrogen and oxygen atoms in total. The molecule has 4 amide bonds. The van der Waals surface area contributed by atoms with Gasteiger partial charge in [-0.25, -0.2) is 0 Å². The van der Waals surface area contributed by atoms with Crippen molar-refractivity contribution in [2.24, 2.45) is 11.8 Å². The Balaban J connectivity index is 1.45. The van der Waals surface area contributed by atoms with Crippen LogP contribution in [0.2, 0.25) is 0 Å². The minimum Gasteiger partial charge on any atom is -0.383 e. The normalized spacial score (nSPS) is 24.9. The maximum Gasteiger partial charge on any atom is 0.243 e. The van der Waals surface area contributed by atoms with Gasteiger partial charge in [-0.15, -0.1) is 0 Å². The first-order valence-electron chi connectivity index (χ1n) is 10.6. The molecule has 3 aliphatic rings. The molecule has 2 saturated heterocycles. The summed E-state index contributed by atoms with van der Waals surface area (Å²) in [5.41, 5.74) is 0. The highest BCUT2D eigenvalue weighted by Gasteiger charge is 2.39. The molecule has 0 unspecified atom stereocenters.